The lowest BCUT2D eigenvalue weighted by atomic mass is 9.95. The Bertz CT molecular complexity index is 81.1. The third-order valence-corrected chi connectivity index (χ3v) is 1.11. The van der Waals surface area contributed by atoms with Gasteiger partial charge in [-0.15, -0.1) is 0 Å². The van der Waals surface area contributed by atoms with Crippen molar-refractivity contribution < 1.29 is 5.11 Å². The number of aliphatic hydroxyl groups is 1. The highest BCUT2D eigenvalue weighted by Crippen LogP contribution is 2.12. The van der Waals surface area contributed by atoms with E-state index >= 15 is 0 Å². The van der Waals surface area contributed by atoms with Crippen LogP contribution < -0.4 is 5.84 Å². The first-order valence-electron chi connectivity index (χ1n) is 3.04. The predicted octanol–water partition coefficient (Wildman–Crippen LogP) is -0.190. The first kappa shape index (κ1) is 8.88. The number of hydrogen-bond acceptors (Lipinski definition) is 3. The zero-order valence-corrected chi connectivity index (χ0v) is 6.39. The number of hydrazine groups is 1. The van der Waals surface area contributed by atoms with Gasteiger partial charge in [-0.25, -0.2) is 5.01 Å². The van der Waals surface area contributed by atoms with E-state index in [1.54, 1.807) is 12.1 Å². The molecule has 0 heterocycles. The molecule has 0 radical (unpaired) electrons. The fourth-order valence-corrected chi connectivity index (χ4v) is 0.725. The largest absolute Gasteiger partial charge is 0.396 e. The maximum absolute atomic E-state index is 8.76. The van der Waals surface area contributed by atoms with E-state index in [1.165, 1.54) is 0 Å². The van der Waals surface area contributed by atoms with Gasteiger partial charge in [0.1, 0.15) is 0 Å². The van der Waals surface area contributed by atoms with Crippen LogP contribution in [0.2, 0.25) is 0 Å². The molecule has 0 aromatic carbocycles. The zero-order chi connectivity index (χ0) is 7.49. The van der Waals surface area contributed by atoms with Crippen LogP contribution in [0.5, 0.6) is 0 Å². The lowest BCUT2D eigenvalue weighted by Crippen LogP contribution is -2.37. The fourth-order valence-electron chi connectivity index (χ4n) is 0.725. The quantitative estimate of drug-likeness (QED) is 0.413. The second-order valence-corrected chi connectivity index (χ2v) is 3.24. The summed E-state index contributed by atoms with van der Waals surface area (Å²) in [5, 5.41) is 10.3. The molecule has 0 saturated carbocycles. The summed E-state index contributed by atoms with van der Waals surface area (Å²) in [6, 6.07) is 0. The third kappa shape index (κ3) is 4.39. The summed E-state index contributed by atoms with van der Waals surface area (Å²) < 4.78 is 0. The molecule has 0 atom stereocenters. The van der Waals surface area contributed by atoms with Gasteiger partial charge >= 0.3 is 0 Å². The molecule has 0 spiro atoms. The second-order valence-electron chi connectivity index (χ2n) is 3.24. The number of nitrogens with two attached hydrogens (primary N) is 1. The molecule has 0 saturated heterocycles. The summed E-state index contributed by atoms with van der Waals surface area (Å²) in [5.74, 6) is 5.38. The average Bonchev–Trinajstić information content (AvgIpc) is 1.63. The van der Waals surface area contributed by atoms with E-state index < -0.39 is 0 Å². The number of aliphatic hydroxyl groups excluding tert-OH is 1. The van der Waals surface area contributed by atoms with Gasteiger partial charge in [0.2, 0.25) is 0 Å². The van der Waals surface area contributed by atoms with Gasteiger partial charge in [-0.3, -0.25) is 5.84 Å². The molecule has 56 valence electrons. The molecule has 0 fully saturated rings. The molecule has 0 amide bonds. The van der Waals surface area contributed by atoms with Crippen LogP contribution in [0, 0.1) is 5.41 Å². The molecule has 0 aliphatic rings. The fraction of sp³-hybridized carbons (Fsp3) is 1.00. The Hall–Kier alpha value is -0.120. The molecule has 0 unspecified atom stereocenters. The Labute approximate surface area is 56.4 Å². The third-order valence-electron chi connectivity index (χ3n) is 1.11. The highest BCUT2D eigenvalue weighted by Gasteiger charge is 2.16. The number of hydrogen-bond donors (Lipinski definition) is 2. The maximum atomic E-state index is 8.76. The topological polar surface area (TPSA) is 49.5 Å². The highest BCUT2D eigenvalue weighted by molar-refractivity contribution is 4.68. The van der Waals surface area contributed by atoms with E-state index in [2.05, 4.69) is 0 Å². The van der Waals surface area contributed by atoms with Gasteiger partial charge in [-0.1, -0.05) is 13.8 Å². The number of nitrogens with zero attached hydrogens (tertiary/aromatic N) is 1. The van der Waals surface area contributed by atoms with E-state index in [1.807, 2.05) is 13.8 Å². The van der Waals surface area contributed by atoms with Crippen molar-refractivity contribution in [3.63, 3.8) is 0 Å². The number of rotatable bonds is 3. The molecule has 9 heavy (non-hydrogen) atoms. The van der Waals surface area contributed by atoms with E-state index in [0.29, 0.717) is 6.54 Å². The van der Waals surface area contributed by atoms with Crippen LogP contribution in [0.3, 0.4) is 0 Å². The first-order valence-corrected chi connectivity index (χ1v) is 3.04. The van der Waals surface area contributed by atoms with Gasteiger partial charge in [0.15, 0.2) is 0 Å². The minimum atomic E-state index is -0.0799. The summed E-state index contributed by atoms with van der Waals surface area (Å²) >= 11 is 0. The molecule has 3 nitrogen and oxygen atoms in total. The van der Waals surface area contributed by atoms with Crippen LogP contribution >= 0.6 is 0 Å². The van der Waals surface area contributed by atoms with Crippen molar-refractivity contribution in [3.8, 4) is 0 Å². The molecule has 3 N–H and O–H groups in total. The highest BCUT2D eigenvalue weighted by atomic mass is 16.3. The van der Waals surface area contributed by atoms with Crippen molar-refractivity contribution in [2.24, 2.45) is 11.3 Å². The molecule has 0 aromatic heterocycles. The first-order chi connectivity index (χ1) is 3.98. The Balaban J connectivity index is 3.58. The lowest BCUT2D eigenvalue weighted by molar-refractivity contribution is 0.116. The van der Waals surface area contributed by atoms with E-state index in [-0.39, 0.29) is 12.0 Å². The predicted molar refractivity (Wildman–Crippen MR) is 37.7 cm³/mol. The van der Waals surface area contributed by atoms with E-state index in [0.717, 1.165) is 0 Å². The van der Waals surface area contributed by atoms with E-state index in [9.17, 15) is 0 Å². The molecule has 0 aromatic rings. The normalized spacial score (nSPS) is 12.7. The van der Waals surface area contributed by atoms with Crippen LogP contribution in [-0.2, 0) is 0 Å². The molecule has 3 heteroatoms. The van der Waals surface area contributed by atoms with Crippen LogP contribution in [0.4, 0.5) is 0 Å². The summed E-state index contributed by atoms with van der Waals surface area (Å²) in [6.45, 7) is 4.82. The maximum Gasteiger partial charge on any atom is 0.0494 e. The van der Waals surface area contributed by atoms with Crippen LogP contribution in [0.15, 0.2) is 0 Å². The molecular weight excluding hydrogens is 116 g/mol. The van der Waals surface area contributed by atoms with Crippen molar-refractivity contribution in [2.75, 3.05) is 20.2 Å². The second kappa shape index (κ2) is 3.15. The average molecular weight is 132 g/mol. The lowest BCUT2D eigenvalue weighted by Gasteiger charge is -2.24. The van der Waals surface area contributed by atoms with Crippen LogP contribution in [-0.4, -0.2) is 30.3 Å². The van der Waals surface area contributed by atoms with E-state index in [4.69, 9.17) is 10.9 Å². The molecular formula is C6H16N2O. The van der Waals surface area contributed by atoms with Crippen molar-refractivity contribution in [2.45, 2.75) is 13.8 Å². The Morgan fingerprint density at radius 2 is 2.00 bits per heavy atom. The Kier molecular flexibility index (Phi) is 3.11. The smallest absolute Gasteiger partial charge is 0.0494 e. The Morgan fingerprint density at radius 3 is 2.11 bits per heavy atom. The van der Waals surface area contributed by atoms with Gasteiger partial charge in [0, 0.05) is 25.6 Å². The van der Waals surface area contributed by atoms with Crippen LogP contribution in [0.1, 0.15) is 13.8 Å². The monoisotopic (exact) mass is 132 g/mol. The standard InChI is InChI=1S/C6H16N2O/c1-6(2,5-9)4-8(3)7/h9H,4-5,7H2,1-3H3. The minimum Gasteiger partial charge on any atom is -0.396 e. The van der Waals surface area contributed by atoms with Gasteiger partial charge in [-0.2, -0.15) is 0 Å². The summed E-state index contributed by atoms with van der Waals surface area (Å²) in [7, 11) is 1.79. The van der Waals surface area contributed by atoms with Gasteiger partial charge < -0.3 is 5.11 Å². The van der Waals surface area contributed by atoms with Gasteiger partial charge in [0.05, 0.1) is 0 Å². The van der Waals surface area contributed by atoms with Gasteiger partial charge in [0.25, 0.3) is 0 Å². The summed E-state index contributed by atoms with van der Waals surface area (Å²) in [6.07, 6.45) is 0. The summed E-state index contributed by atoms with van der Waals surface area (Å²) in [4.78, 5) is 0. The zero-order valence-electron chi connectivity index (χ0n) is 6.39. The van der Waals surface area contributed by atoms with Crippen molar-refractivity contribution in [1.82, 2.24) is 5.01 Å². The molecule has 0 aliphatic carbocycles. The van der Waals surface area contributed by atoms with Gasteiger partial charge in [-0.05, 0) is 0 Å². The molecule has 0 rings (SSSR count). The van der Waals surface area contributed by atoms with Crippen molar-refractivity contribution in [1.29, 1.82) is 0 Å². The molecule has 0 aliphatic heterocycles. The SMILES string of the molecule is CN(N)CC(C)(C)CO. The Morgan fingerprint density at radius 1 is 1.56 bits per heavy atom. The van der Waals surface area contributed by atoms with Crippen molar-refractivity contribution >= 4 is 0 Å². The summed E-state index contributed by atoms with van der Waals surface area (Å²) in [5.41, 5.74) is -0.0799. The molecule has 0 bridgehead atoms. The van der Waals surface area contributed by atoms with Crippen molar-refractivity contribution in [3.05, 3.63) is 0 Å². The van der Waals surface area contributed by atoms with Crippen LogP contribution in [0.25, 0.3) is 0 Å². The minimum absolute atomic E-state index is 0.0799.